The van der Waals surface area contributed by atoms with Crippen molar-refractivity contribution >= 4 is 17.7 Å². The van der Waals surface area contributed by atoms with Crippen LogP contribution in [-0.2, 0) is 4.79 Å². The van der Waals surface area contributed by atoms with Crippen LogP contribution in [0, 0.1) is 0 Å². The smallest absolute Gasteiger partial charge is 0.217 e. The van der Waals surface area contributed by atoms with Crippen molar-refractivity contribution in [1.82, 2.24) is 5.32 Å². The van der Waals surface area contributed by atoms with Crippen molar-refractivity contribution in [3.05, 3.63) is 23.8 Å². The van der Waals surface area contributed by atoms with Gasteiger partial charge >= 0.3 is 0 Å². The molecule has 0 aliphatic carbocycles. The Morgan fingerprint density at radius 2 is 2.16 bits per heavy atom. The standard InChI is InChI=1S/C14H21NO3S/c1-5-18-14-8-11(6-7-13(14)17-3)12(9-19-4)15-10(2)16/h6-8,12H,5,9H2,1-4H3,(H,15,16)/t12-/m1/s1. The summed E-state index contributed by atoms with van der Waals surface area (Å²) in [6.45, 7) is 4.03. The largest absolute Gasteiger partial charge is 0.493 e. The molecule has 0 saturated carbocycles. The van der Waals surface area contributed by atoms with Crippen molar-refractivity contribution in [3.8, 4) is 11.5 Å². The number of nitrogens with one attached hydrogen (secondary N) is 1. The maximum absolute atomic E-state index is 11.3. The van der Waals surface area contributed by atoms with Gasteiger partial charge in [0.15, 0.2) is 11.5 Å². The Bertz CT molecular complexity index is 423. The number of methoxy groups -OCH3 is 1. The summed E-state index contributed by atoms with van der Waals surface area (Å²) in [6, 6.07) is 5.74. The quantitative estimate of drug-likeness (QED) is 0.835. The molecule has 0 spiro atoms. The Hall–Kier alpha value is -1.36. The van der Waals surface area contributed by atoms with Gasteiger partial charge in [0.2, 0.25) is 5.91 Å². The molecule has 0 aliphatic heterocycles. The molecule has 1 rings (SSSR count). The molecule has 0 saturated heterocycles. The maximum Gasteiger partial charge on any atom is 0.217 e. The van der Waals surface area contributed by atoms with Gasteiger partial charge in [-0.05, 0) is 30.9 Å². The van der Waals surface area contributed by atoms with E-state index in [0.717, 1.165) is 11.3 Å². The van der Waals surface area contributed by atoms with Gasteiger partial charge in [-0.2, -0.15) is 11.8 Å². The third-order valence-electron chi connectivity index (χ3n) is 2.60. The first-order valence-electron chi connectivity index (χ1n) is 6.19. The van der Waals surface area contributed by atoms with Crippen molar-refractivity contribution in [1.29, 1.82) is 0 Å². The van der Waals surface area contributed by atoms with E-state index in [4.69, 9.17) is 9.47 Å². The molecular weight excluding hydrogens is 262 g/mol. The van der Waals surface area contributed by atoms with Crippen LogP contribution in [0.3, 0.4) is 0 Å². The zero-order valence-corrected chi connectivity index (χ0v) is 12.7. The maximum atomic E-state index is 11.3. The number of rotatable bonds is 7. The van der Waals surface area contributed by atoms with E-state index in [1.807, 2.05) is 31.4 Å². The minimum Gasteiger partial charge on any atom is -0.493 e. The van der Waals surface area contributed by atoms with Gasteiger partial charge in [0, 0.05) is 12.7 Å². The summed E-state index contributed by atoms with van der Waals surface area (Å²) < 4.78 is 10.8. The number of carbonyl (C=O) groups is 1. The Kier molecular flexibility index (Phi) is 6.56. The molecule has 106 valence electrons. The van der Waals surface area contributed by atoms with E-state index in [2.05, 4.69) is 5.32 Å². The highest BCUT2D eigenvalue weighted by atomic mass is 32.2. The second kappa shape index (κ2) is 7.94. The molecule has 0 heterocycles. The third kappa shape index (κ3) is 4.67. The lowest BCUT2D eigenvalue weighted by Crippen LogP contribution is -2.27. The molecule has 1 aromatic rings. The summed E-state index contributed by atoms with van der Waals surface area (Å²) in [7, 11) is 1.62. The van der Waals surface area contributed by atoms with Gasteiger partial charge in [0.1, 0.15) is 0 Å². The second-order valence-corrected chi connectivity index (χ2v) is 4.96. The Morgan fingerprint density at radius 3 is 2.68 bits per heavy atom. The second-order valence-electron chi connectivity index (χ2n) is 4.05. The minimum absolute atomic E-state index is 0.0161. The van der Waals surface area contributed by atoms with Crippen molar-refractivity contribution < 1.29 is 14.3 Å². The van der Waals surface area contributed by atoms with E-state index < -0.39 is 0 Å². The SMILES string of the molecule is CCOc1cc([C@@H](CSC)NC(C)=O)ccc1OC. The number of benzene rings is 1. The monoisotopic (exact) mass is 283 g/mol. The third-order valence-corrected chi connectivity index (χ3v) is 3.27. The number of amides is 1. The minimum atomic E-state index is -0.0344. The molecule has 1 amide bonds. The molecule has 4 nitrogen and oxygen atoms in total. The normalized spacial score (nSPS) is 11.8. The fraction of sp³-hybridized carbons (Fsp3) is 0.500. The molecule has 0 unspecified atom stereocenters. The molecule has 1 atom stereocenters. The van der Waals surface area contributed by atoms with Crippen LogP contribution in [0.5, 0.6) is 11.5 Å². The van der Waals surface area contributed by atoms with E-state index >= 15 is 0 Å². The van der Waals surface area contributed by atoms with Crippen molar-refractivity contribution in [2.75, 3.05) is 25.7 Å². The van der Waals surface area contributed by atoms with Crippen molar-refractivity contribution in [3.63, 3.8) is 0 Å². The van der Waals surface area contributed by atoms with Gasteiger partial charge in [-0.3, -0.25) is 4.79 Å². The van der Waals surface area contributed by atoms with Gasteiger partial charge in [0.05, 0.1) is 19.8 Å². The van der Waals surface area contributed by atoms with Crippen molar-refractivity contribution in [2.45, 2.75) is 19.9 Å². The van der Waals surface area contributed by atoms with Crippen LogP contribution in [0.2, 0.25) is 0 Å². The van der Waals surface area contributed by atoms with E-state index in [-0.39, 0.29) is 11.9 Å². The molecule has 0 aromatic heterocycles. The Labute approximate surface area is 118 Å². The summed E-state index contributed by atoms with van der Waals surface area (Å²) >= 11 is 1.69. The molecular formula is C14H21NO3S. The fourth-order valence-electron chi connectivity index (χ4n) is 1.81. The molecule has 1 N–H and O–H groups in total. The van der Waals surface area contributed by atoms with Crippen LogP contribution in [0.15, 0.2) is 18.2 Å². The summed E-state index contributed by atoms with van der Waals surface area (Å²) in [5.41, 5.74) is 1.02. The zero-order valence-electron chi connectivity index (χ0n) is 11.9. The number of hydrogen-bond acceptors (Lipinski definition) is 4. The highest BCUT2D eigenvalue weighted by Gasteiger charge is 2.15. The van der Waals surface area contributed by atoms with Crippen LogP contribution in [0.1, 0.15) is 25.5 Å². The first-order chi connectivity index (χ1) is 9.12. The predicted octanol–water partition coefficient (Wildman–Crippen LogP) is 2.63. The van der Waals surface area contributed by atoms with Gasteiger partial charge < -0.3 is 14.8 Å². The number of carbonyl (C=O) groups excluding carboxylic acids is 1. The molecule has 0 aliphatic rings. The van der Waals surface area contributed by atoms with Gasteiger partial charge in [-0.25, -0.2) is 0 Å². The van der Waals surface area contributed by atoms with Crippen LogP contribution >= 0.6 is 11.8 Å². The Balaban J connectivity index is 3.01. The first kappa shape index (κ1) is 15.7. The topological polar surface area (TPSA) is 47.6 Å². The van der Waals surface area contributed by atoms with Crippen LogP contribution < -0.4 is 14.8 Å². The zero-order chi connectivity index (χ0) is 14.3. The average molecular weight is 283 g/mol. The molecule has 5 heteroatoms. The fourth-order valence-corrected chi connectivity index (χ4v) is 2.42. The van der Waals surface area contributed by atoms with Gasteiger partial charge in [-0.1, -0.05) is 6.07 Å². The Morgan fingerprint density at radius 1 is 1.42 bits per heavy atom. The van der Waals surface area contributed by atoms with Crippen molar-refractivity contribution in [2.24, 2.45) is 0 Å². The lowest BCUT2D eigenvalue weighted by Gasteiger charge is -2.19. The first-order valence-corrected chi connectivity index (χ1v) is 7.58. The number of thioether (sulfide) groups is 1. The molecule has 1 aromatic carbocycles. The van der Waals surface area contributed by atoms with E-state index in [1.165, 1.54) is 6.92 Å². The van der Waals surface area contributed by atoms with E-state index in [9.17, 15) is 4.79 Å². The van der Waals surface area contributed by atoms with Gasteiger partial charge in [-0.15, -0.1) is 0 Å². The molecule has 0 bridgehead atoms. The van der Waals surface area contributed by atoms with Crippen LogP contribution in [0.4, 0.5) is 0 Å². The summed E-state index contributed by atoms with van der Waals surface area (Å²) in [5.74, 6) is 2.19. The highest BCUT2D eigenvalue weighted by Crippen LogP contribution is 2.31. The number of hydrogen-bond donors (Lipinski definition) is 1. The summed E-state index contributed by atoms with van der Waals surface area (Å²) in [6.07, 6.45) is 2.02. The highest BCUT2D eigenvalue weighted by molar-refractivity contribution is 7.98. The molecule has 19 heavy (non-hydrogen) atoms. The van der Waals surface area contributed by atoms with Crippen LogP contribution in [-0.4, -0.2) is 31.6 Å². The number of ether oxygens (including phenoxy) is 2. The van der Waals surface area contributed by atoms with Gasteiger partial charge in [0.25, 0.3) is 0 Å². The lowest BCUT2D eigenvalue weighted by molar-refractivity contribution is -0.119. The lowest BCUT2D eigenvalue weighted by atomic mass is 10.1. The van der Waals surface area contributed by atoms with Crippen LogP contribution in [0.25, 0.3) is 0 Å². The molecule has 0 radical (unpaired) electrons. The predicted molar refractivity (Wildman–Crippen MR) is 79.1 cm³/mol. The van der Waals surface area contributed by atoms with E-state index in [0.29, 0.717) is 18.1 Å². The average Bonchev–Trinajstić information content (AvgIpc) is 2.38. The summed E-state index contributed by atoms with van der Waals surface area (Å²) in [5, 5.41) is 2.95. The van der Waals surface area contributed by atoms with E-state index in [1.54, 1.807) is 18.9 Å². The molecule has 0 fully saturated rings. The summed E-state index contributed by atoms with van der Waals surface area (Å²) in [4.78, 5) is 11.3.